The molecule has 9 heteroatoms. The quantitative estimate of drug-likeness (QED) is 0.288. The third-order valence-electron chi connectivity index (χ3n) is 4.66. The van der Waals surface area contributed by atoms with Crippen molar-refractivity contribution < 1.29 is 14.0 Å². The molecule has 1 aliphatic rings. The Labute approximate surface area is 189 Å². The van der Waals surface area contributed by atoms with E-state index in [1.165, 1.54) is 11.1 Å². The minimum atomic E-state index is -0.593. The van der Waals surface area contributed by atoms with Gasteiger partial charge in [0.1, 0.15) is 16.5 Å². The van der Waals surface area contributed by atoms with Gasteiger partial charge in [0.2, 0.25) is 17.0 Å². The molecular formula is C21H13IN4O3S. The molecule has 1 fully saturated rings. The van der Waals surface area contributed by atoms with E-state index in [1.807, 2.05) is 42.5 Å². The molecule has 2 aromatic heterocycles. The van der Waals surface area contributed by atoms with Crippen LogP contribution in [0.3, 0.4) is 0 Å². The maximum absolute atomic E-state index is 12.9. The Kier molecular flexibility index (Phi) is 4.99. The van der Waals surface area contributed by atoms with Gasteiger partial charge < -0.3 is 4.42 Å². The lowest BCUT2D eigenvalue weighted by Crippen LogP contribution is -2.31. The maximum Gasteiger partial charge on any atom is 0.247 e. The summed E-state index contributed by atoms with van der Waals surface area (Å²) in [7, 11) is 0. The largest absolute Gasteiger partial charge is 0.454 e. The molecule has 0 bridgehead atoms. The summed E-state index contributed by atoms with van der Waals surface area (Å²) in [5.74, 6) is 0.0614. The molecule has 2 aromatic carbocycles. The molecule has 0 N–H and O–H groups in total. The summed E-state index contributed by atoms with van der Waals surface area (Å²) in [5.41, 5.74) is 1.85. The number of carbonyl (C=O) groups excluding carboxylic acids is 2. The molecule has 0 aliphatic carbocycles. The summed E-state index contributed by atoms with van der Waals surface area (Å²) in [4.78, 5) is 31.1. The molecule has 0 radical (unpaired) electrons. The van der Waals surface area contributed by atoms with Crippen molar-refractivity contribution in [2.45, 2.75) is 16.8 Å². The Balaban J connectivity index is 1.38. The number of imide groups is 1. The molecule has 148 valence electrons. The van der Waals surface area contributed by atoms with Gasteiger partial charge in [-0.3, -0.25) is 9.59 Å². The maximum atomic E-state index is 12.9. The summed E-state index contributed by atoms with van der Waals surface area (Å²) >= 11 is 3.32. The first-order valence-electron chi connectivity index (χ1n) is 9.06. The number of para-hydroxylation sites is 1. The fourth-order valence-corrected chi connectivity index (χ4v) is 4.54. The molecule has 1 atom stereocenters. The van der Waals surface area contributed by atoms with Gasteiger partial charge >= 0.3 is 0 Å². The highest BCUT2D eigenvalue weighted by molar-refractivity contribution is 14.1. The van der Waals surface area contributed by atoms with Crippen LogP contribution in [-0.4, -0.2) is 32.2 Å². The molecule has 4 aromatic rings. The van der Waals surface area contributed by atoms with Crippen molar-refractivity contribution in [3.8, 4) is 11.5 Å². The fraction of sp³-hybridized carbons (Fsp3) is 0.0952. The predicted octanol–water partition coefficient (Wildman–Crippen LogP) is 4.31. The van der Waals surface area contributed by atoms with Gasteiger partial charge in [0.15, 0.2) is 5.76 Å². The number of hydrogen-bond donors (Lipinski definition) is 0. The lowest BCUT2D eigenvalue weighted by molar-refractivity contribution is -0.121. The predicted molar refractivity (Wildman–Crippen MR) is 121 cm³/mol. The van der Waals surface area contributed by atoms with E-state index in [2.05, 4.69) is 37.8 Å². The Hall–Kier alpha value is -2.79. The van der Waals surface area contributed by atoms with Crippen molar-refractivity contribution in [2.24, 2.45) is 0 Å². The summed E-state index contributed by atoms with van der Waals surface area (Å²) in [5, 5.41) is 8.72. The number of nitrogens with zero attached hydrogens (tertiary/aromatic N) is 4. The topological polar surface area (TPSA) is 89.2 Å². The standard InChI is InChI=1S/C21H13IN4O3S/c22-13-5-7-14(8-6-13)26-19(27)10-18(20(26)28)30-21-24-15(11-23-25-21)17-9-12-3-1-2-4-16(12)29-17/h1-9,11,18H,10H2. The van der Waals surface area contributed by atoms with Crippen LogP contribution in [0.25, 0.3) is 22.4 Å². The van der Waals surface area contributed by atoms with E-state index in [0.29, 0.717) is 22.3 Å². The number of halogens is 1. The van der Waals surface area contributed by atoms with E-state index >= 15 is 0 Å². The highest BCUT2D eigenvalue weighted by Crippen LogP contribution is 2.33. The van der Waals surface area contributed by atoms with Gasteiger partial charge in [-0.2, -0.15) is 5.10 Å². The third-order valence-corrected chi connectivity index (χ3v) is 6.41. The Morgan fingerprint density at radius 3 is 2.70 bits per heavy atom. The number of thioether (sulfide) groups is 1. The van der Waals surface area contributed by atoms with Crippen LogP contribution in [0, 0.1) is 3.57 Å². The lowest BCUT2D eigenvalue weighted by atomic mass is 10.2. The van der Waals surface area contributed by atoms with Crippen LogP contribution in [0.2, 0.25) is 0 Å². The summed E-state index contributed by atoms with van der Waals surface area (Å²) in [6.45, 7) is 0. The van der Waals surface area contributed by atoms with Gasteiger partial charge in [-0.15, -0.1) is 5.10 Å². The molecule has 1 saturated heterocycles. The Morgan fingerprint density at radius 1 is 1.10 bits per heavy atom. The molecule has 1 unspecified atom stereocenters. The number of amides is 2. The molecule has 7 nitrogen and oxygen atoms in total. The summed E-state index contributed by atoms with van der Waals surface area (Å²) < 4.78 is 6.86. The van der Waals surface area contributed by atoms with Crippen LogP contribution >= 0.6 is 34.4 Å². The number of hydrogen-bond acceptors (Lipinski definition) is 7. The molecule has 1 aliphatic heterocycles. The van der Waals surface area contributed by atoms with E-state index in [9.17, 15) is 9.59 Å². The second-order valence-electron chi connectivity index (χ2n) is 6.63. The molecule has 3 heterocycles. The van der Waals surface area contributed by atoms with Crippen LogP contribution in [0.15, 0.2) is 70.4 Å². The molecule has 2 amide bonds. The minimum absolute atomic E-state index is 0.0910. The van der Waals surface area contributed by atoms with E-state index in [4.69, 9.17) is 4.42 Å². The Bertz CT molecular complexity index is 1240. The normalized spacial score (nSPS) is 16.6. The number of fused-ring (bicyclic) bond motifs is 1. The zero-order valence-electron chi connectivity index (χ0n) is 15.4. The first-order valence-corrected chi connectivity index (χ1v) is 11.0. The van der Waals surface area contributed by atoms with Gasteiger partial charge in [0, 0.05) is 15.4 Å². The first-order chi connectivity index (χ1) is 14.6. The van der Waals surface area contributed by atoms with E-state index in [-0.39, 0.29) is 18.2 Å². The fourth-order valence-electron chi connectivity index (χ4n) is 3.25. The van der Waals surface area contributed by atoms with Gasteiger partial charge in [-0.25, -0.2) is 9.88 Å². The van der Waals surface area contributed by atoms with Crippen molar-refractivity contribution in [2.75, 3.05) is 4.90 Å². The van der Waals surface area contributed by atoms with Crippen molar-refractivity contribution >= 4 is 62.8 Å². The molecule has 0 saturated carbocycles. The average molecular weight is 528 g/mol. The number of carbonyl (C=O) groups is 2. The molecular weight excluding hydrogens is 515 g/mol. The van der Waals surface area contributed by atoms with Crippen molar-refractivity contribution in [1.82, 2.24) is 15.2 Å². The average Bonchev–Trinajstić information content (AvgIpc) is 3.30. The number of rotatable bonds is 4. The van der Waals surface area contributed by atoms with Crippen molar-refractivity contribution in [3.63, 3.8) is 0 Å². The zero-order valence-corrected chi connectivity index (χ0v) is 18.3. The third kappa shape index (κ3) is 3.58. The summed E-state index contributed by atoms with van der Waals surface area (Å²) in [6.07, 6.45) is 1.61. The van der Waals surface area contributed by atoms with E-state index in [1.54, 1.807) is 12.1 Å². The number of benzene rings is 2. The van der Waals surface area contributed by atoms with Gasteiger partial charge in [0.25, 0.3) is 0 Å². The van der Waals surface area contributed by atoms with Crippen LogP contribution in [0.1, 0.15) is 6.42 Å². The molecule has 0 spiro atoms. The number of aromatic nitrogens is 3. The van der Waals surface area contributed by atoms with E-state index in [0.717, 1.165) is 26.3 Å². The summed E-state index contributed by atoms with van der Waals surface area (Å²) in [6, 6.07) is 16.8. The second-order valence-corrected chi connectivity index (χ2v) is 9.04. The van der Waals surface area contributed by atoms with Crippen LogP contribution in [0.4, 0.5) is 5.69 Å². The highest BCUT2D eigenvalue weighted by Gasteiger charge is 2.40. The second kappa shape index (κ2) is 7.80. The van der Waals surface area contributed by atoms with E-state index < -0.39 is 5.25 Å². The SMILES string of the molecule is O=C1CC(Sc2nncc(-c3cc4ccccc4o3)n2)C(=O)N1c1ccc(I)cc1. The molecule has 5 rings (SSSR count). The highest BCUT2D eigenvalue weighted by atomic mass is 127. The number of anilines is 1. The number of furan rings is 1. The van der Waals surface area contributed by atoms with Gasteiger partial charge in [-0.05, 0) is 59.0 Å². The van der Waals surface area contributed by atoms with Crippen LogP contribution < -0.4 is 4.90 Å². The van der Waals surface area contributed by atoms with Crippen LogP contribution in [0.5, 0.6) is 0 Å². The smallest absolute Gasteiger partial charge is 0.247 e. The Morgan fingerprint density at radius 2 is 1.90 bits per heavy atom. The van der Waals surface area contributed by atoms with Gasteiger partial charge in [-0.1, -0.05) is 30.0 Å². The lowest BCUT2D eigenvalue weighted by Gasteiger charge is -2.14. The van der Waals surface area contributed by atoms with Crippen molar-refractivity contribution in [3.05, 3.63) is 64.4 Å². The van der Waals surface area contributed by atoms with Gasteiger partial charge in [0.05, 0.1) is 11.9 Å². The monoisotopic (exact) mass is 528 g/mol. The van der Waals surface area contributed by atoms with Crippen LogP contribution in [-0.2, 0) is 9.59 Å². The minimum Gasteiger partial charge on any atom is -0.454 e. The first kappa shape index (κ1) is 19.2. The van der Waals surface area contributed by atoms with Crippen molar-refractivity contribution in [1.29, 1.82) is 0 Å². The zero-order chi connectivity index (χ0) is 20.7. The molecule has 30 heavy (non-hydrogen) atoms.